The topological polar surface area (TPSA) is 49.8 Å². The van der Waals surface area contributed by atoms with Crippen LogP contribution in [-0.4, -0.2) is 37.9 Å². The Bertz CT molecular complexity index is 405. The predicted molar refractivity (Wildman–Crippen MR) is 65.5 cm³/mol. The van der Waals surface area contributed by atoms with Gasteiger partial charge in [-0.2, -0.15) is 0 Å². The third-order valence-electron chi connectivity index (χ3n) is 3.20. The van der Waals surface area contributed by atoms with Crippen molar-refractivity contribution >= 4 is 11.7 Å². The molecule has 1 unspecified atom stereocenters. The Kier molecular flexibility index (Phi) is 3.64. The van der Waals surface area contributed by atoms with E-state index >= 15 is 0 Å². The van der Waals surface area contributed by atoms with Crippen LogP contribution in [0.4, 0.5) is 5.69 Å². The number of nitrogens with zero attached hydrogens (tertiary/aromatic N) is 1. The van der Waals surface area contributed by atoms with Crippen molar-refractivity contribution in [3.63, 3.8) is 0 Å². The third kappa shape index (κ3) is 2.42. The SMILES string of the molecule is COCCN1CCC(C(=O)O)c2ccccc21. The van der Waals surface area contributed by atoms with Gasteiger partial charge in [-0.05, 0) is 18.1 Å². The number of aliphatic carboxylic acids is 1. The van der Waals surface area contributed by atoms with E-state index in [4.69, 9.17) is 4.74 Å². The van der Waals surface area contributed by atoms with E-state index in [1.165, 1.54) is 0 Å². The van der Waals surface area contributed by atoms with Gasteiger partial charge in [-0.3, -0.25) is 4.79 Å². The molecule has 1 aromatic rings. The van der Waals surface area contributed by atoms with Crippen molar-refractivity contribution in [1.29, 1.82) is 0 Å². The Labute approximate surface area is 101 Å². The van der Waals surface area contributed by atoms with Crippen LogP contribution in [0.5, 0.6) is 0 Å². The minimum atomic E-state index is -0.733. The van der Waals surface area contributed by atoms with Crippen molar-refractivity contribution in [2.75, 3.05) is 31.7 Å². The predicted octanol–water partition coefficient (Wildman–Crippen LogP) is 1.71. The van der Waals surface area contributed by atoms with Crippen LogP contribution in [0.15, 0.2) is 24.3 Å². The lowest BCUT2D eigenvalue weighted by Crippen LogP contribution is -2.35. The molecular weight excluding hydrogens is 218 g/mol. The lowest BCUT2D eigenvalue weighted by Gasteiger charge is -2.34. The Morgan fingerprint density at radius 3 is 3.00 bits per heavy atom. The lowest BCUT2D eigenvalue weighted by atomic mass is 9.90. The molecule has 0 spiro atoms. The molecule has 0 saturated carbocycles. The molecule has 1 aliphatic heterocycles. The van der Waals surface area contributed by atoms with E-state index in [1.807, 2.05) is 24.3 Å². The Hall–Kier alpha value is -1.55. The van der Waals surface area contributed by atoms with Gasteiger partial charge in [0.05, 0.1) is 12.5 Å². The molecular formula is C13H17NO3. The van der Waals surface area contributed by atoms with Gasteiger partial charge in [-0.1, -0.05) is 18.2 Å². The first kappa shape index (κ1) is 11.9. The average Bonchev–Trinajstić information content (AvgIpc) is 2.35. The van der Waals surface area contributed by atoms with E-state index < -0.39 is 5.97 Å². The van der Waals surface area contributed by atoms with Crippen LogP contribution in [-0.2, 0) is 9.53 Å². The number of anilines is 1. The highest BCUT2D eigenvalue weighted by atomic mass is 16.5. The summed E-state index contributed by atoms with van der Waals surface area (Å²) in [6, 6.07) is 7.74. The standard InChI is InChI=1S/C13H17NO3/c1-17-9-8-14-7-6-11(13(15)16)10-4-2-3-5-12(10)14/h2-5,11H,6-9H2,1H3,(H,15,16). The number of benzene rings is 1. The van der Waals surface area contributed by atoms with Crippen LogP contribution in [0.1, 0.15) is 17.9 Å². The smallest absolute Gasteiger partial charge is 0.311 e. The summed E-state index contributed by atoms with van der Waals surface area (Å²) in [5.41, 5.74) is 1.95. The summed E-state index contributed by atoms with van der Waals surface area (Å²) in [6.45, 7) is 2.24. The average molecular weight is 235 g/mol. The highest BCUT2D eigenvalue weighted by Crippen LogP contribution is 2.34. The molecule has 1 aromatic carbocycles. The zero-order valence-electron chi connectivity index (χ0n) is 9.93. The second-order valence-electron chi connectivity index (χ2n) is 4.22. The van der Waals surface area contributed by atoms with Crippen molar-refractivity contribution in [3.05, 3.63) is 29.8 Å². The number of para-hydroxylation sites is 1. The zero-order chi connectivity index (χ0) is 12.3. The third-order valence-corrected chi connectivity index (χ3v) is 3.20. The highest BCUT2D eigenvalue weighted by Gasteiger charge is 2.29. The van der Waals surface area contributed by atoms with Gasteiger partial charge in [0.15, 0.2) is 0 Å². The molecule has 1 atom stereocenters. The Balaban J connectivity index is 2.27. The summed E-state index contributed by atoms with van der Waals surface area (Å²) in [4.78, 5) is 13.4. The van der Waals surface area contributed by atoms with E-state index in [9.17, 15) is 9.90 Å². The summed E-state index contributed by atoms with van der Waals surface area (Å²) in [5, 5.41) is 9.20. The summed E-state index contributed by atoms with van der Waals surface area (Å²) >= 11 is 0. The van der Waals surface area contributed by atoms with Crippen LogP contribution in [0, 0.1) is 0 Å². The van der Waals surface area contributed by atoms with Crippen LogP contribution in [0.3, 0.4) is 0 Å². The summed E-state index contributed by atoms with van der Waals surface area (Å²) < 4.78 is 5.08. The molecule has 1 heterocycles. The quantitative estimate of drug-likeness (QED) is 0.863. The van der Waals surface area contributed by atoms with Crippen LogP contribution in [0.25, 0.3) is 0 Å². The van der Waals surface area contributed by atoms with Gasteiger partial charge >= 0.3 is 5.97 Å². The number of ether oxygens (including phenoxy) is 1. The number of carbonyl (C=O) groups is 1. The number of methoxy groups -OCH3 is 1. The van der Waals surface area contributed by atoms with Crippen molar-refractivity contribution in [2.45, 2.75) is 12.3 Å². The molecule has 17 heavy (non-hydrogen) atoms. The minimum absolute atomic E-state index is 0.370. The summed E-state index contributed by atoms with van der Waals surface area (Å²) in [7, 11) is 1.68. The maximum absolute atomic E-state index is 11.2. The monoisotopic (exact) mass is 235 g/mol. The maximum Gasteiger partial charge on any atom is 0.311 e. The fourth-order valence-corrected chi connectivity index (χ4v) is 2.32. The molecule has 0 radical (unpaired) electrons. The Morgan fingerprint density at radius 2 is 2.29 bits per heavy atom. The summed E-state index contributed by atoms with van der Waals surface area (Å²) in [6.07, 6.45) is 0.663. The molecule has 1 aliphatic rings. The van der Waals surface area contributed by atoms with Crippen molar-refractivity contribution < 1.29 is 14.6 Å². The van der Waals surface area contributed by atoms with Gasteiger partial charge in [0.2, 0.25) is 0 Å². The fourth-order valence-electron chi connectivity index (χ4n) is 2.32. The fraction of sp³-hybridized carbons (Fsp3) is 0.462. The number of rotatable bonds is 4. The number of carboxylic acids is 1. The molecule has 0 fully saturated rings. The van der Waals surface area contributed by atoms with Crippen molar-refractivity contribution in [2.24, 2.45) is 0 Å². The van der Waals surface area contributed by atoms with Gasteiger partial charge in [-0.15, -0.1) is 0 Å². The van der Waals surface area contributed by atoms with E-state index in [-0.39, 0.29) is 5.92 Å². The van der Waals surface area contributed by atoms with Crippen molar-refractivity contribution in [1.82, 2.24) is 0 Å². The highest BCUT2D eigenvalue weighted by molar-refractivity contribution is 5.80. The molecule has 0 aromatic heterocycles. The maximum atomic E-state index is 11.2. The van der Waals surface area contributed by atoms with E-state index in [2.05, 4.69) is 4.90 Å². The molecule has 2 rings (SSSR count). The van der Waals surface area contributed by atoms with Gasteiger partial charge in [-0.25, -0.2) is 0 Å². The molecule has 1 N–H and O–H groups in total. The molecule has 92 valence electrons. The van der Waals surface area contributed by atoms with Crippen LogP contribution in [0.2, 0.25) is 0 Å². The number of fused-ring (bicyclic) bond motifs is 1. The van der Waals surface area contributed by atoms with Crippen LogP contribution < -0.4 is 4.90 Å². The Morgan fingerprint density at radius 1 is 1.53 bits per heavy atom. The number of carboxylic acid groups (broad SMARTS) is 1. The molecule has 0 bridgehead atoms. The second kappa shape index (κ2) is 5.19. The molecule has 4 nitrogen and oxygen atoms in total. The number of hydrogen-bond acceptors (Lipinski definition) is 3. The normalized spacial score (nSPS) is 18.9. The second-order valence-corrected chi connectivity index (χ2v) is 4.22. The first-order valence-electron chi connectivity index (χ1n) is 5.79. The largest absolute Gasteiger partial charge is 0.481 e. The van der Waals surface area contributed by atoms with Gasteiger partial charge < -0.3 is 14.7 Å². The molecule has 0 amide bonds. The summed E-state index contributed by atoms with van der Waals surface area (Å²) in [5.74, 6) is -1.10. The first-order valence-corrected chi connectivity index (χ1v) is 5.79. The molecule has 0 aliphatic carbocycles. The van der Waals surface area contributed by atoms with Gasteiger partial charge in [0.25, 0.3) is 0 Å². The van der Waals surface area contributed by atoms with Gasteiger partial charge in [0, 0.05) is 25.9 Å². The van der Waals surface area contributed by atoms with E-state index in [0.29, 0.717) is 13.0 Å². The first-order chi connectivity index (χ1) is 8.24. The molecule has 4 heteroatoms. The molecule has 0 saturated heterocycles. The number of hydrogen-bond donors (Lipinski definition) is 1. The van der Waals surface area contributed by atoms with Crippen LogP contribution >= 0.6 is 0 Å². The lowest BCUT2D eigenvalue weighted by molar-refractivity contribution is -0.139. The van der Waals surface area contributed by atoms with Crippen molar-refractivity contribution in [3.8, 4) is 0 Å². The van der Waals surface area contributed by atoms with E-state index in [0.717, 1.165) is 24.3 Å². The van der Waals surface area contributed by atoms with Gasteiger partial charge in [0.1, 0.15) is 0 Å². The van der Waals surface area contributed by atoms with E-state index in [1.54, 1.807) is 7.11 Å². The minimum Gasteiger partial charge on any atom is -0.481 e. The zero-order valence-corrected chi connectivity index (χ0v) is 9.93.